The SMILES string of the molecule is Cc1nn(Cc2ccccc2)c(Cl)c1C(=O)O[C@H](C)C(=O)Nc1cccc(Cl)c1Cl. The number of hydrogen-bond acceptors (Lipinski definition) is 4. The summed E-state index contributed by atoms with van der Waals surface area (Å²) in [6.45, 7) is 3.50. The van der Waals surface area contributed by atoms with Gasteiger partial charge in [-0.3, -0.25) is 4.79 Å². The molecule has 1 atom stereocenters. The molecule has 6 nitrogen and oxygen atoms in total. The van der Waals surface area contributed by atoms with Gasteiger partial charge in [-0.25, -0.2) is 9.48 Å². The molecule has 3 rings (SSSR count). The van der Waals surface area contributed by atoms with Crippen LogP contribution in [0.2, 0.25) is 15.2 Å². The third kappa shape index (κ3) is 4.95. The smallest absolute Gasteiger partial charge is 0.343 e. The van der Waals surface area contributed by atoms with Gasteiger partial charge in [-0.2, -0.15) is 5.10 Å². The molecule has 0 saturated heterocycles. The lowest BCUT2D eigenvalue weighted by atomic mass is 10.2. The number of hydrogen-bond donors (Lipinski definition) is 1. The van der Waals surface area contributed by atoms with Crippen molar-refractivity contribution in [2.24, 2.45) is 0 Å². The Balaban J connectivity index is 1.70. The van der Waals surface area contributed by atoms with E-state index in [1.165, 1.54) is 11.6 Å². The van der Waals surface area contributed by atoms with Gasteiger partial charge in [-0.05, 0) is 31.5 Å². The molecule has 156 valence electrons. The van der Waals surface area contributed by atoms with Crippen LogP contribution in [0.1, 0.15) is 28.5 Å². The minimum atomic E-state index is -1.10. The van der Waals surface area contributed by atoms with E-state index in [4.69, 9.17) is 39.5 Å². The summed E-state index contributed by atoms with van der Waals surface area (Å²) in [5.74, 6) is -1.30. The molecule has 0 spiro atoms. The van der Waals surface area contributed by atoms with Crippen LogP contribution in [0.25, 0.3) is 0 Å². The van der Waals surface area contributed by atoms with E-state index in [1.807, 2.05) is 30.3 Å². The summed E-state index contributed by atoms with van der Waals surface area (Å²) < 4.78 is 6.81. The second-order valence-corrected chi connectivity index (χ2v) is 7.68. The highest BCUT2D eigenvalue weighted by atomic mass is 35.5. The van der Waals surface area contributed by atoms with Crippen LogP contribution < -0.4 is 5.32 Å². The second kappa shape index (κ2) is 9.51. The van der Waals surface area contributed by atoms with Crippen molar-refractivity contribution in [3.63, 3.8) is 0 Å². The number of rotatable bonds is 6. The van der Waals surface area contributed by atoms with E-state index in [0.717, 1.165) is 5.56 Å². The summed E-state index contributed by atoms with van der Waals surface area (Å²) in [7, 11) is 0. The van der Waals surface area contributed by atoms with Gasteiger partial charge in [0, 0.05) is 0 Å². The Morgan fingerprint density at radius 2 is 1.80 bits per heavy atom. The van der Waals surface area contributed by atoms with Gasteiger partial charge in [0.1, 0.15) is 10.7 Å². The lowest BCUT2D eigenvalue weighted by molar-refractivity contribution is -0.123. The number of carbonyl (C=O) groups is 2. The Morgan fingerprint density at radius 1 is 1.10 bits per heavy atom. The summed E-state index contributed by atoms with van der Waals surface area (Å²) >= 11 is 18.4. The maximum Gasteiger partial charge on any atom is 0.343 e. The molecule has 0 aliphatic heterocycles. The van der Waals surface area contributed by atoms with Crippen molar-refractivity contribution in [1.82, 2.24) is 9.78 Å². The minimum absolute atomic E-state index is 0.119. The van der Waals surface area contributed by atoms with Gasteiger partial charge in [0.15, 0.2) is 6.10 Å². The summed E-state index contributed by atoms with van der Waals surface area (Å²) in [4.78, 5) is 25.1. The largest absolute Gasteiger partial charge is 0.449 e. The van der Waals surface area contributed by atoms with E-state index in [0.29, 0.717) is 22.9 Å². The molecule has 2 aromatic carbocycles. The molecule has 0 saturated carbocycles. The van der Waals surface area contributed by atoms with Crippen LogP contribution in [0.4, 0.5) is 5.69 Å². The fourth-order valence-corrected chi connectivity index (χ4v) is 3.41. The number of amides is 1. The number of benzene rings is 2. The van der Waals surface area contributed by atoms with Crippen molar-refractivity contribution in [3.05, 3.63) is 80.6 Å². The zero-order chi connectivity index (χ0) is 21.8. The third-order valence-corrected chi connectivity index (χ3v) is 5.51. The van der Waals surface area contributed by atoms with Gasteiger partial charge >= 0.3 is 5.97 Å². The molecule has 0 aliphatic carbocycles. The molecule has 0 unspecified atom stereocenters. The van der Waals surface area contributed by atoms with Crippen molar-refractivity contribution < 1.29 is 14.3 Å². The first-order chi connectivity index (χ1) is 14.3. The zero-order valence-corrected chi connectivity index (χ0v) is 18.4. The van der Waals surface area contributed by atoms with Gasteiger partial charge in [0.05, 0.1) is 28.0 Å². The average Bonchev–Trinajstić information content (AvgIpc) is 2.99. The number of aromatic nitrogens is 2. The highest BCUT2D eigenvalue weighted by Gasteiger charge is 2.26. The minimum Gasteiger partial charge on any atom is -0.449 e. The van der Waals surface area contributed by atoms with Crippen LogP contribution in [-0.2, 0) is 16.1 Å². The van der Waals surface area contributed by atoms with Crippen LogP contribution >= 0.6 is 34.8 Å². The lowest BCUT2D eigenvalue weighted by Crippen LogP contribution is -2.30. The normalized spacial score (nSPS) is 11.8. The second-order valence-electron chi connectivity index (χ2n) is 6.53. The highest BCUT2D eigenvalue weighted by Crippen LogP contribution is 2.29. The van der Waals surface area contributed by atoms with Crippen molar-refractivity contribution in [3.8, 4) is 0 Å². The summed E-state index contributed by atoms with van der Waals surface area (Å²) in [5.41, 5.74) is 1.83. The Bertz CT molecular complexity index is 1080. The Kier molecular flexibility index (Phi) is 7.02. The molecule has 0 bridgehead atoms. The van der Waals surface area contributed by atoms with Gasteiger partial charge in [-0.15, -0.1) is 0 Å². The monoisotopic (exact) mass is 465 g/mol. The van der Waals surface area contributed by atoms with Crippen molar-refractivity contribution in [2.75, 3.05) is 5.32 Å². The van der Waals surface area contributed by atoms with Gasteiger partial charge in [-0.1, -0.05) is 71.2 Å². The number of ether oxygens (including phenoxy) is 1. The Morgan fingerprint density at radius 3 is 2.50 bits per heavy atom. The van der Waals surface area contributed by atoms with E-state index in [2.05, 4.69) is 10.4 Å². The van der Waals surface area contributed by atoms with Crippen LogP contribution in [0.3, 0.4) is 0 Å². The topological polar surface area (TPSA) is 73.2 Å². The fourth-order valence-electron chi connectivity index (χ4n) is 2.75. The molecule has 0 fully saturated rings. The molecule has 1 N–H and O–H groups in total. The number of halogens is 3. The predicted molar refractivity (Wildman–Crippen MR) is 117 cm³/mol. The molecule has 1 heterocycles. The predicted octanol–water partition coefficient (Wildman–Crippen LogP) is 5.38. The molecule has 1 amide bonds. The van der Waals surface area contributed by atoms with Crippen molar-refractivity contribution in [2.45, 2.75) is 26.5 Å². The van der Waals surface area contributed by atoms with Crippen molar-refractivity contribution in [1.29, 1.82) is 0 Å². The van der Waals surface area contributed by atoms with E-state index >= 15 is 0 Å². The average molecular weight is 467 g/mol. The Hall–Kier alpha value is -2.54. The number of nitrogens with one attached hydrogen (secondary N) is 1. The molecule has 1 aromatic heterocycles. The molecule has 3 aromatic rings. The molecule has 30 heavy (non-hydrogen) atoms. The van der Waals surface area contributed by atoms with E-state index in [1.54, 1.807) is 25.1 Å². The van der Waals surface area contributed by atoms with E-state index < -0.39 is 18.0 Å². The lowest BCUT2D eigenvalue weighted by Gasteiger charge is -2.14. The summed E-state index contributed by atoms with van der Waals surface area (Å²) in [6, 6.07) is 14.4. The van der Waals surface area contributed by atoms with E-state index in [9.17, 15) is 9.59 Å². The fraction of sp³-hybridized carbons (Fsp3) is 0.190. The Labute approximate surface area is 188 Å². The first-order valence-electron chi connectivity index (χ1n) is 9.00. The molecule has 9 heteroatoms. The molecular formula is C21H18Cl3N3O3. The first-order valence-corrected chi connectivity index (χ1v) is 10.1. The number of esters is 1. The van der Waals surface area contributed by atoms with Gasteiger partial charge < -0.3 is 10.1 Å². The van der Waals surface area contributed by atoms with Crippen LogP contribution in [0, 0.1) is 6.92 Å². The highest BCUT2D eigenvalue weighted by molar-refractivity contribution is 6.44. The molecule has 0 aliphatic rings. The van der Waals surface area contributed by atoms with Crippen molar-refractivity contribution >= 4 is 52.4 Å². The third-order valence-electron chi connectivity index (χ3n) is 4.31. The van der Waals surface area contributed by atoms with Gasteiger partial charge in [0.25, 0.3) is 5.91 Å². The maximum atomic E-state index is 12.7. The van der Waals surface area contributed by atoms with Crippen LogP contribution in [0.15, 0.2) is 48.5 Å². The van der Waals surface area contributed by atoms with Gasteiger partial charge in [0.2, 0.25) is 0 Å². The number of anilines is 1. The zero-order valence-electron chi connectivity index (χ0n) is 16.2. The molecular weight excluding hydrogens is 449 g/mol. The van der Waals surface area contributed by atoms with Crippen LogP contribution in [0.5, 0.6) is 0 Å². The summed E-state index contributed by atoms with van der Waals surface area (Å²) in [6.07, 6.45) is -1.10. The van der Waals surface area contributed by atoms with E-state index in [-0.39, 0.29) is 15.7 Å². The maximum absolute atomic E-state index is 12.7. The number of nitrogens with zero attached hydrogens (tertiary/aromatic N) is 2. The molecule has 0 radical (unpaired) electrons. The van der Waals surface area contributed by atoms with Crippen LogP contribution in [-0.4, -0.2) is 27.8 Å². The first kappa shape index (κ1) is 22.2. The standard InChI is InChI=1S/C21H18Cl3N3O3/c1-12-17(19(24)27(26-12)11-14-7-4-3-5-8-14)21(29)30-13(2)20(28)25-16-10-6-9-15(22)18(16)23/h3-10,13H,11H2,1-2H3,(H,25,28)/t13-/m1/s1. The summed E-state index contributed by atoms with van der Waals surface area (Å²) in [5, 5.41) is 7.55. The number of aryl methyl sites for hydroxylation is 1. The quantitative estimate of drug-likeness (QED) is 0.495. The number of carbonyl (C=O) groups excluding carboxylic acids is 2.